The van der Waals surface area contributed by atoms with Gasteiger partial charge in [-0.2, -0.15) is 4.65 Å². The number of rotatable bonds is 4. The van der Waals surface area contributed by atoms with Crippen LogP contribution in [0.2, 0.25) is 0 Å². The minimum Gasteiger partial charge on any atom is -0.750 e. The maximum atomic E-state index is 9.41. The molecule has 0 saturated carbocycles. The molecule has 0 spiro atoms. The Kier molecular flexibility index (Phi) is 10.1. The maximum Gasteiger partial charge on any atom is 0.132 e. The van der Waals surface area contributed by atoms with Crippen molar-refractivity contribution in [1.82, 2.24) is 0 Å². The lowest BCUT2D eigenvalue weighted by atomic mass is 10.5. The van der Waals surface area contributed by atoms with E-state index in [0.29, 0.717) is 19.6 Å². The first-order valence-electron chi connectivity index (χ1n) is 3.90. The molecule has 1 atom stereocenters. The lowest BCUT2D eigenvalue weighted by molar-refractivity contribution is -1.10. The standard InChI is InChI=1S/C6H16NO2.H2O3S/c1-3-7(9,4-2)5-6-8;1-4(2)3/h8-9H,3-6H2,1-2H3;(H2,1,2,3)/q+1;/p-1. The third-order valence-corrected chi connectivity index (χ3v) is 1.69. The molecule has 7 heteroatoms. The Morgan fingerprint density at radius 2 is 1.69 bits per heavy atom. The van der Waals surface area contributed by atoms with Gasteiger partial charge < -0.3 is 14.2 Å². The average Bonchev–Trinajstić information content (AvgIpc) is 2.04. The van der Waals surface area contributed by atoms with Crippen molar-refractivity contribution in [2.24, 2.45) is 0 Å². The Bertz CT molecular complexity index is 135. The van der Waals surface area contributed by atoms with Gasteiger partial charge in [-0.15, -0.1) is 0 Å². The van der Waals surface area contributed by atoms with Gasteiger partial charge in [0.15, 0.2) is 0 Å². The van der Waals surface area contributed by atoms with Gasteiger partial charge in [-0.25, -0.2) is 9.42 Å². The lowest BCUT2D eigenvalue weighted by Gasteiger charge is -2.26. The van der Waals surface area contributed by atoms with Crippen LogP contribution in [0.3, 0.4) is 0 Å². The van der Waals surface area contributed by atoms with Gasteiger partial charge in [0.2, 0.25) is 0 Å². The van der Waals surface area contributed by atoms with Crippen molar-refractivity contribution in [2.75, 3.05) is 26.2 Å². The quantitative estimate of drug-likeness (QED) is 0.335. The summed E-state index contributed by atoms with van der Waals surface area (Å²) in [4.78, 5) is 0. The van der Waals surface area contributed by atoms with Crippen molar-refractivity contribution >= 4 is 11.4 Å². The number of aliphatic hydroxyl groups excluding tert-OH is 1. The Labute approximate surface area is 80.5 Å². The van der Waals surface area contributed by atoms with E-state index >= 15 is 0 Å². The van der Waals surface area contributed by atoms with Crippen LogP contribution >= 0.6 is 0 Å². The fraction of sp³-hybridized carbons (Fsp3) is 1.00. The average molecular weight is 215 g/mol. The van der Waals surface area contributed by atoms with Crippen molar-refractivity contribution in [1.29, 1.82) is 0 Å². The molecule has 3 N–H and O–H groups in total. The van der Waals surface area contributed by atoms with Crippen molar-refractivity contribution in [2.45, 2.75) is 13.8 Å². The van der Waals surface area contributed by atoms with Gasteiger partial charge in [-0.1, -0.05) is 0 Å². The van der Waals surface area contributed by atoms with E-state index in [-0.39, 0.29) is 11.3 Å². The van der Waals surface area contributed by atoms with E-state index in [2.05, 4.69) is 0 Å². The van der Waals surface area contributed by atoms with E-state index in [1.807, 2.05) is 13.8 Å². The van der Waals surface area contributed by atoms with Crippen LogP contribution in [0.15, 0.2) is 0 Å². The maximum absolute atomic E-state index is 9.41. The molecule has 0 saturated heterocycles. The first-order valence-corrected chi connectivity index (χ1v) is 4.93. The number of aliphatic hydroxyl groups is 1. The normalized spacial score (nSPS) is 13.1. The molecule has 0 heterocycles. The van der Waals surface area contributed by atoms with Crippen LogP contribution in [0.4, 0.5) is 0 Å². The second kappa shape index (κ2) is 8.54. The van der Waals surface area contributed by atoms with Gasteiger partial charge in [0.25, 0.3) is 0 Å². The van der Waals surface area contributed by atoms with Crippen LogP contribution in [-0.2, 0) is 11.4 Å². The molecule has 0 aromatic carbocycles. The molecule has 0 aromatic rings. The molecule has 0 fully saturated rings. The fourth-order valence-electron chi connectivity index (χ4n) is 0.726. The molecule has 82 valence electrons. The van der Waals surface area contributed by atoms with Crippen molar-refractivity contribution < 1.29 is 28.3 Å². The molecule has 1 unspecified atom stereocenters. The zero-order valence-corrected chi connectivity index (χ0v) is 8.66. The first kappa shape index (κ1) is 15.4. The molecular formula is C6H17NO5S. The highest BCUT2D eigenvalue weighted by molar-refractivity contribution is 7.73. The predicted molar refractivity (Wildman–Crippen MR) is 46.6 cm³/mol. The summed E-state index contributed by atoms with van der Waals surface area (Å²) >= 11 is -2.86. The van der Waals surface area contributed by atoms with Gasteiger partial charge in [0.05, 0.1) is 18.0 Å². The van der Waals surface area contributed by atoms with Crippen LogP contribution in [0.25, 0.3) is 0 Å². The zero-order chi connectivity index (χ0) is 10.9. The van der Waals surface area contributed by atoms with E-state index < -0.39 is 11.4 Å². The highest BCUT2D eigenvalue weighted by atomic mass is 32.2. The second-order valence-electron chi connectivity index (χ2n) is 2.39. The highest BCUT2D eigenvalue weighted by Crippen LogP contribution is 1.97. The summed E-state index contributed by atoms with van der Waals surface area (Å²) in [6, 6.07) is 0. The Balaban J connectivity index is 0. The van der Waals surface area contributed by atoms with Crippen molar-refractivity contribution in [3.8, 4) is 0 Å². The van der Waals surface area contributed by atoms with Crippen molar-refractivity contribution in [3.05, 3.63) is 0 Å². The molecule has 0 amide bonds. The molecule has 0 aliphatic heterocycles. The summed E-state index contributed by atoms with van der Waals surface area (Å²) in [6.07, 6.45) is 0. The molecule has 0 rings (SSSR count). The smallest absolute Gasteiger partial charge is 0.132 e. The molecule has 0 aliphatic carbocycles. The van der Waals surface area contributed by atoms with Crippen LogP contribution in [-0.4, -0.2) is 54.5 Å². The third-order valence-electron chi connectivity index (χ3n) is 1.69. The number of hydrogen-bond acceptors (Lipinski definition) is 4. The van der Waals surface area contributed by atoms with Crippen LogP contribution in [0.5, 0.6) is 0 Å². The summed E-state index contributed by atoms with van der Waals surface area (Å²) in [5, 5.41) is 17.9. The van der Waals surface area contributed by atoms with Crippen LogP contribution in [0, 0.1) is 0 Å². The van der Waals surface area contributed by atoms with E-state index in [1.54, 1.807) is 0 Å². The van der Waals surface area contributed by atoms with Gasteiger partial charge in [-0.3, -0.25) is 0 Å². The summed E-state index contributed by atoms with van der Waals surface area (Å²) in [7, 11) is 0. The number of hydroxylamine groups is 3. The number of quaternary nitrogens is 1. The first-order chi connectivity index (χ1) is 5.91. The number of likely N-dealkylation sites (N-methyl/N-ethyl adjacent to an activating group) is 1. The molecule has 6 nitrogen and oxygen atoms in total. The molecule has 0 radical (unpaired) electrons. The fourth-order valence-corrected chi connectivity index (χ4v) is 0.726. The van der Waals surface area contributed by atoms with Crippen LogP contribution in [0.1, 0.15) is 13.8 Å². The summed E-state index contributed by atoms with van der Waals surface area (Å²) in [6.45, 7) is 5.62. The van der Waals surface area contributed by atoms with Crippen molar-refractivity contribution in [3.63, 3.8) is 0 Å². The van der Waals surface area contributed by atoms with Gasteiger partial charge in [0, 0.05) is 0 Å². The Hall–Kier alpha value is -0.0500. The van der Waals surface area contributed by atoms with E-state index in [0.717, 1.165) is 0 Å². The van der Waals surface area contributed by atoms with Gasteiger partial charge in [-0.05, 0) is 13.8 Å². The zero-order valence-electron chi connectivity index (χ0n) is 7.84. The SMILES string of the molecule is CC[N+](O)(CC)CCO.O=S([O-])O. The van der Waals surface area contributed by atoms with E-state index in [9.17, 15) is 5.21 Å². The molecular weight excluding hydrogens is 198 g/mol. The minimum absolute atomic E-state index is 0.0174. The molecule has 0 bridgehead atoms. The Morgan fingerprint density at radius 3 is 1.77 bits per heavy atom. The molecule has 0 aromatic heterocycles. The third kappa shape index (κ3) is 12.0. The largest absolute Gasteiger partial charge is 0.750 e. The number of nitrogens with zero attached hydrogens (tertiary/aromatic N) is 1. The highest BCUT2D eigenvalue weighted by Gasteiger charge is 2.18. The lowest BCUT2D eigenvalue weighted by Crippen LogP contribution is -2.46. The summed E-state index contributed by atoms with van der Waals surface area (Å²) < 4.78 is 24.1. The van der Waals surface area contributed by atoms with E-state index in [1.165, 1.54) is 0 Å². The van der Waals surface area contributed by atoms with Crippen LogP contribution < -0.4 is 0 Å². The summed E-state index contributed by atoms with van der Waals surface area (Å²) in [5.74, 6) is 0. The summed E-state index contributed by atoms with van der Waals surface area (Å²) in [5.41, 5.74) is 0. The van der Waals surface area contributed by atoms with Gasteiger partial charge >= 0.3 is 0 Å². The predicted octanol–water partition coefficient (Wildman–Crippen LogP) is -0.437. The monoisotopic (exact) mass is 215 g/mol. The topological polar surface area (TPSA) is 101 Å². The molecule has 13 heavy (non-hydrogen) atoms. The van der Waals surface area contributed by atoms with E-state index in [4.69, 9.17) is 18.4 Å². The minimum atomic E-state index is -2.86. The second-order valence-corrected chi connectivity index (χ2v) is 2.83. The van der Waals surface area contributed by atoms with Gasteiger partial charge in [0.1, 0.15) is 19.6 Å². The Morgan fingerprint density at radius 1 is 1.38 bits per heavy atom. The number of hydrogen-bond donors (Lipinski definition) is 3. The molecule has 0 aliphatic rings.